The van der Waals surface area contributed by atoms with Gasteiger partial charge >= 0.3 is 0 Å². The van der Waals surface area contributed by atoms with E-state index in [1.165, 1.54) is 56.9 Å². The number of benzene rings is 1. The second kappa shape index (κ2) is 6.79. The fourth-order valence-corrected chi connectivity index (χ4v) is 7.21. The Morgan fingerprint density at radius 2 is 1.85 bits per heavy atom. The Labute approximate surface area is 163 Å². The maximum atomic E-state index is 11.9. The molecule has 1 aromatic carbocycles. The van der Waals surface area contributed by atoms with Gasteiger partial charge in [0.15, 0.2) is 0 Å². The Bertz CT molecular complexity index is 759. The maximum Gasteiger partial charge on any atom is 0.133 e. The predicted octanol–water partition coefficient (Wildman–Crippen LogP) is 5.89. The van der Waals surface area contributed by atoms with Gasteiger partial charge in [0.1, 0.15) is 11.5 Å². The number of methoxy groups -OCH3 is 1. The van der Waals surface area contributed by atoms with Gasteiger partial charge in [0, 0.05) is 12.8 Å². The van der Waals surface area contributed by atoms with Gasteiger partial charge in [-0.15, -0.1) is 0 Å². The van der Waals surface area contributed by atoms with Crippen LogP contribution in [0, 0.1) is 23.2 Å². The third-order valence-corrected chi connectivity index (χ3v) is 8.40. The van der Waals surface area contributed by atoms with E-state index >= 15 is 0 Å². The number of carbonyl (C=O) groups is 1. The van der Waals surface area contributed by atoms with Crippen molar-refractivity contribution in [1.82, 2.24) is 0 Å². The molecule has 4 atom stereocenters. The van der Waals surface area contributed by atoms with Crippen molar-refractivity contribution in [3.63, 3.8) is 0 Å². The topological polar surface area (TPSA) is 26.3 Å². The number of hydrogen-bond donors (Lipinski definition) is 0. The molecule has 1 aromatic rings. The van der Waals surface area contributed by atoms with E-state index in [2.05, 4.69) is 24.3 Å². The van der Waals surface area contributed by atoms with Gasteiger partial charge in [0.05, 0.1) is 7.11 Å². The van der Waals surface area contributed by atoms with E-state index < -0.39 is 0 Å². The first-order valence-corrected chi connectivity index (χ1v) is 11.0. The summed E-state index contributed by atoms with van der Waals surface area (Å²) in [6.45, 7) is 0. The molecule has 0 aliphatic heterocycles. The zero-order valence-electron chi connectivity index (χ0n) is 16.6. The number of carbonyl (C=O) groups excluding carboxylic acids is 1. The van der Waals surface area contributed by atoms with Crippen molar-refractivity contribution >= 4 is 5.78 Å². The van der Waals surface area contributed by atoms with Crippen molar-refractivity contribution in [2.24, 2.45) is 23.2 Å². The summed E-state index contributed by atoms with van der Waals surface area (Å²) < 4.78 is 5.34. The zero-order chi connectivity index (χ0) is 18.4. The first kappa shape index (κ1) is 17.5. The maximum absolute atomic E-state index is 11.9. The Morgan fingerprint density at radius 3 is 2.67 bits per heavy atom. The molecule has 0 aromatic heterocycles. The number of ether oxygens (including phenoxy) is 1. The SMILES string of the molecule is COc1ccc(C[C@@]23CCC[C@H]2[C@@H]2CCC4CC(=O)CCC4=C2CC3)cc1. The van der Waals surface area contributed by atoms with Gasteiger partial charge in [-0.05, 0) is 92.2 Å². The van der Waals surface area contributed by atoms with E-state index in [-0.39, 0.29) is 0 Å². The third-order valence-electron chi connectivity index (χ3n) is 8.40. The lowest BCUT2D eigenvalue weighted by Crippen LogP contribution is -2.41. The van der Waals surface area contributed by atoms with E-state index in [0.717, 1.165) is 36.8 Å². The van der Waals surface area contributed by atoms with Crippen LogP contribution in [0.5, 0.6) is 5.75 Å². The van der Waals surface area contributed by atoms with Crippen LogP contribution in [0.25, 0.3) is 0 Å². The molecule has 3 fully saturated rings. The van der Waals surface area contributed by atoms with Crippen molar-refractivity contribution < 1.29 is 9.53 Å². The number of fused-ring (bicyclic) bond motifs is 4. The van der Waals surface area contributed by atoms with E-state index in [4.69, 9.17) is 4.74 Å². The van der Waals surface area contributed by atoms with E-state index in [1.807, 2.05) is 5.57 Å². The molecule has 4 aliphatic carbocycles. The van der Waals surface area contributed by atoms with Gasteiger partial charge in [0.2, 0.25) is 0 Å². The highest BCUT2D eigenvalue weighted by atomic mass is 16.5. The quantitative estimate of drug-likeness (QED) is 0.625. The van der Waals surface area contributed by atoms with Crippen LogP contribution in [0.2, 0.25) is 0 Å². The summed E-state index contributed by atoms with van der Waals surface area (Å²) in [4.78, 5) is 11.9. The standard InChI is InChI=1S/C25H32O2/c1-27-20-8-4-17(5-9-20)16-25-13-2-3-24(25)23-10-6-18-15-19(26)7-11-21(18)22(23)12-14-25/h4-5,8-9,18,23-24H,2-3,6-7,10-16H2,1H3/t18?,23-,24+,25+/m1/s1. The van der Waals surface area contributed by atoms with Gasteiger partial charge in [-0.3, -0.25) is 4.79 Å². The third kappa shape index (κ3) is 2.96. The number of Topliss-reactive ketones (excluding diaryl/α,β-unsaturated/α-hetero) is 1. The molecule has 2 nitrogen and oxygen atoms in total. The molecule has 0 bridgehead atoms. The molecule has 0 saturated heterocycles. The van der Waals surface area contributed by atoms with Crippen LogP contribution in [0.1, 0.15) is 69.8 Å². The highest BCUT2D eigenvalue weighted by molar-refractivity contribution is 5.80. The largest absolute Gasteiger partial charge is 0.497 e. The van der Waals surface area contributed by atoms with E-state index in [1.54, 1.807) is 12.7 Å². The summed E-state index contributed by atoms with van der Waals surface area (Å²) in [5, 5.41) is 0. The lowest BCUT2D eigenvalue weighted by atomic mass is 9.55. The Morgan fingerprint density at radius 1 is 1.00 bits per heavy atom. The number of allylic oxidation sites excluding steroid dienone is 2. The molecule has 144 valence electrons. The molecular weight excluding hydrogens is 332 g/mol. The average molecular weight is 365 g/mol. The molecule has 27 heavy (non-hydrogen) atoms. The zero-order valence-corrected chi connectivity index (χ0v) is 16.6. The molecule has 3 saturated carbocycles. The monoisotopic (exact) mass is 364 g/mol. The predicted molar refractivity (Wildman–Crippen MR) is 108 cm³/mol. The van der Waals surface area contributed by atoms with Crippen LogP contribution >= 0.6 is 0 Å². The van der Waals surface area contributed by atoms with Crippen LogP contribution in [0.4, 0.5) is 0 Å². The highest BCUT2D eigenvalue weighted by Gasteiger charge is 2.51. The molecule has 0 amide bonds. The van der Waals surface area contributed by atoms with Gasteiger partial charge in [0.25, 0.3) is 0 Å². The second-order valence-corrected chi connectivity index (χ2v) is 9.56. The number of ketones is 1. The first-order valence-electron chi connectivity index (χ1n) is 11.0. The molecule has 0 radical (unpaired) electrons. The molecule has 5 rings (SSSR count). The molecule has 0 heterocycles. The molecule has 2 heteroatoms. The molecule has 4 aliphatic rings. The van der Waals surface area contributed by atoms with Gasteiger partial charge in [-0.25, -0.2) is 0 Å². The highest BCUT2D eigenvalue weighted by Crippen LogP contribution is 2.61. The lowest BCUT2D eigenvalue weighted by Gasteiger charge is -2.50. The van der Waals surface area contributed by atoms with Gasteiger partial charge in [-0.1, -0.05) is 29.7 Å². The summed E-state index contributed by atoms with van der Waals surface area (Å²) in [6.07, 6.45) is 13.5. The summed E-state index contributed by atoms with van der Waals surface area (Å²) in [7, 11) is 1.74. The van der Waals surface area contributed by atoms with Crippen LogP contribution in [-0.4, -0.2) is 12.9 Å². The first-order chi connectivity index (χ1) is 13.2. The second-order valence-electron chi connectivity index (χ2n) is 9.56. The van der Waals surface area contributed by atoms with Crippen LogP contribution in [-0.2, 0) is 11.2 Å². The van der Waals surface area contributed by atoms with Crippen molar-refractivity contribution in [3.05, 3.63) is 41.0 Å². The Hall–Kier alpha value is -1.57. The Balaban J connectivity index is 1.42. The van der Waals surface area contributed by atoms with Crippen molar-refractivity contribution in [1.29, 1.82) is 0 Å². The smallest absolute Gasteiger partial charge is 0.133 e. The minimum atomic E-state index is 0.508. The van der Waals surface area contributed by atoms with Crippen LogP contribution < -0.4 is 4.74 Å². The molecular formula is C25H32O2. The van der Waals surface area contributed by atoms with Gasteiger partial charge in [-0.2, -0.15) is 0 Å². The van der Waals surface area contributed by atoms with Crippen molar-refractivity contribution in [2.45, 2.75) is 70.6 Å². The Kier molecular flexibility index (Phi) is 4.41. The summed E-state index contributed by atoms with van der Waals surface area (Å²) in [5.74, 6) is 3.76. The minimum absolute atomic E-state index is 0.508. The van der Waals surface area contributed by atoms with Crippen molar-refractivity contribution in [2.75, 3.05) is 7.11 Å². The van der Waals surface area contributed by atoms with E-state index in [0.29, 0.717) is 17.1 Å². The summed E-state index contributed by atoms with van der Waals surface area (Å²) in [6, 6.07) is 8.80. The summed E-state index contributed by atoms with van der Waals surface area (Å²) in [5.41, 5.74) is 5.54. The molecule has 0 N–H and O–H groups in total. The lowest BCUT2D eigenvalue weighted by molar-refractivity contribution is -0.120. The summed E-state index contributed by atoms with van der Waals surface area (Å²) >= 11 is 0. The number of rotatable bonds is 3. The fourth-order valence-electron chi connectivity index (χ4n) is 7.21. The van der Waals surface area contributed by atoms with Gasteiger partial charge < -0.3 is 4.74 Å². The van der Waals surface area contributed by atoms with E-state index in [9.17, 15) is 4.79 Å². The van der Waals surface area contributed by atoms with Crippen LogP contribution in [0.15, 0.2) is 35.4 Å². The van der Waals surface area contributed by atoms with Crippen LogP contribution in [0.3, 0.4) is 0 Å². The van der Waals surface area contributed by atoms with Crippen molar-refractivity contribution in [3.8, 4) is 5.75 Å². The fraction of sp³-hybridized carbons (Fsp3) is 0.640. The molecule has 0 spiro atoms. The minimum Gasteiger partial charge on any atom is -0.497 e. The number of hydrogen-bond acceptors (Lipinski definition) is 2. The normalized spacial score (nSPS) is 35.4. The molecule has 1 unspecified atom stereocenters. The average Bonchev–Trinajstić information content (AvgIpc) is 3.12.